The van der Waals surface area contributed by atoms with Crippen LogP contribution < -0.4 is 10.6 Å². The van der Waals surface area contributed by atoms with E-state index in [0.29, 0.717) is 10.6 Å². The van der Waals surface area contributed by atoms with Crippen LogP contribution in [0.25, 0.3) is 0 Å². The summed E-state index contributed by atoms with van der Waals surface area (Å²) in [6, 6.07) is 11.1. The summed E-state index contributed by atoms with van der Waals surface area (Å²) in [7, 11) is 0. The van der Waals surface area contributed by atoms with Gasteiger partial charge >= 0.3 is 0 Å². The number of imide groups is 1. The van der Waals surface area contributed by atoms with Gasteiger partial charge in [-0.1, -0.05) is 29.8 Å². The number of nitrogens with zero attached hydrogens (tertiary/aromatic N) is 1. The molecule has 1 aliphatic heterocycles. The van der Waals surface area contributed by atoms with Crippen LogP contribution in [0, 0.1) is 5.82 Å². The molecule has 2 amide bonds. The van der Waals surface area contributed by atoms with Crippen LogP contribution in [0.4, 0.5) is 15.8 Å². The number of thioether (sulfide) groups is 1. The third-order valence-electron chi connectivity index (χ3n) is 3.45. The number of hydrogen-bond acceptors (Lipinski definition) is 4. The zero-order valence-corrected chi connectivity index (χ0v) is 13.4. The van der Waals surface area contributed by atoms with Crippen LogP contribution in [0.15, 0.2) is 47.4 Å². The molecule has 23 heavy (non-hydrogen) atoms. The Hall–Kier alpha value is -2.05. The van der Waals surface area contributed by atoms with E-state index in [1.54, 1.807) is 24.3 Å². The van der Waals surface area contributed by atoms with Crippen molar-refractivity contribution in [1.82, 2.24) is 0 Å². The molecule has 118 valence electrons. The summed E-state index contributed by atoms with van der Waals surface area (Å²) in [5.41, 5.74) is 6.20. The Morgan fingerprint density at radius 2 is 1.91 bits per heavy atom. The maximum atomic E-state index is 14.0. The second-order valence-corrected chi connectivity index (χ2v) is 6.64. The van der Waals surface area contributed by atoms with Crippen molar-refractivity contribution >= 4 is 46.6 Å². The average molecular weight is 351 g/mol. The summed E-state index contributed by atoms with van der Waals surface area (Å²) >= 11 is 7.16. The maximum Gasteiger partial charge on any atom is 0.247 e. The Kier molecular flexibility index (Phi) is 4.28. The van der Waals surface area contributed by atoms with Gasteiger partial charge in [0.1, 0.15) is 11.5 Å². The standard InChI is InChI=1S/C16H12ClFN2O2S/c17-9-4-3-5-10(18)15(9)20-14(21)8-13(16(20)22)23-12-7-2-1-6-11(12)19/h1-7,13H,8,19H2/t13-/m0/s1. The second kappa shape index (κ2) is 6.22. The molecule has 0 radical (unpaired) electrons. The van der Waals surface area contributed by atoms with Crippen molar-refractivity contribution in [3.63, 3.8) is 0 Å². The monoisotopic (exact) mass is 350 g/mol. The Morgan fingerprint density at radius 3 is 2.61 bits per heavy atom. The number of anilines is 2. The molecule has 2 aromatic rings. The first-order valence-corrected chi connectivity index (χ1v) is 8.06. The fraction of sp³-hybridized carbons (Fsp3) is 0.125. The lowest BCUT2D eigenvalue weighted by molar-refractivity contribution is -0.121. The van der Waals surface area contributed by atoms with Crippen LogP contribution in [-0.2, 0) is 9.59 Å². The summed E-state index contributed by atoms with van der Waals surface area (Å²) in [5.74, 6) is -1.67. The van der Waals surface area contributed by atoms with Crippen molar-refractivity contribution in [3.05, 3.63) is 53.3 Å². The van der Waals surface area contributed by atoms with Gasteiger partial charge in [0.15, 0.2) is 0 Å². The molecular formula is C16H12ClFN2O2S. The highest BCUT2D eigenvalue weighted by atomic mass is 35.5. The van der Waals surface area contributed by atoms with Crippen molar-refractivity contribution in [3.8, 4) is 0 Å². The van der Waals surface area contributed by atoms with E-state index in [2.05, 4.69) is 0 Å². The zero-order valence-electron chi connectivity index (χ0n) is 11.8. The van der Waals surface area contributed by atoms with Crippen molar-refractivity contribution < 1.29 is 14.0 Å². The topological polar surface area (TPSA) is 63.4 Å². The molecule has 4 nitrogen and oxygen atoms in total. The highest BCUT2D eigenvalue weighted by molar-refractivity contribution is 8.00. The normalized spacial score (nSPS) is 17.8. The van der Waals surface area contributed by atoms with Gasteiger partial charge in [0.05, 0.1) is 10.3 Å². The van der Waals surface area contributed by atoms with Crippen LogP contribution >= 0.6 is 23.4 Å². The van der Waals surface area contributed by atoms with E-state index in [1.807, 2.05) is 0 Å². The predicted octanol–water partition coefficient (Wildman–Crippen LogP) is 3.49. The molecule has 2 aromatic carbocycles. The number of carbonyl (C=O) groups excluding carboxylic acids is 2. The highest BCUT2D eigenvalue weighted by Gasteiger charge is 2.42. The summed E-state index contributed by atoms with van der Waals surface area (Å²) in [5, 5.41) is -0.626. The molecule has 0 unspecified atom stereocenters. The molecule has 1 aliphatic rings. The molecule has 1 heterocycles. The van der Waals surface area contributed by atoms with Gasteiger partial charge in [0.2, 0.25) is 11.8 Å². The van der Waals surface area contributed by atoms with Crippen LogP contribution in [-0.4, -0.2) is 17.1 Å². The summed E-state index contributed by atoms with van der Waals surface area (Å²) in [6.45, 7) is 0. The molecular weight excluding hydrogens is 339 g/mol. The Labute approximate surface area is 141 Å². The molecule has 2 N–H and O–H groups in total. The summed E-state index contributed by atoms with van der Waals surface area (Å²) in [6.07, 6.45) is -0.0253. The summed E-state index contributed by atoms with van der Waals surface area (Å²) < 4.78 is 14.0. The molecule has 0 aromatic heterocycles. The lowest BCUT2D eigenvalue weighted by Crippen LogP contribution is -2.32. The number of benzene rings is 2. The van der Waals surface area contributed by atoms with Crippen LogP contribution in [0.3, 0.4) is 0 Å². The molecule has 1 saturated heterocycles. The number of rotatable bonds is 3. The fourth-order valence-corrected chi connectivity index (χ4v) is 3.72. The number of amides is 2. The second-order valence-electron chi connectivity index (χ2n) is 4.99. The fourth-order valence-electron chi connectivity index (χ4n) is 2.37. The van der Waals surface area contributed by atoms with Crippen molar-refractivity contribution in [1.29, 1.82) is 0 Å². The first kappa shape index (κ1) is 15.8. The van der Waals surface area contributed by atoms with Gasteiger partial charge in [-0.05, 0) is 24.3 Å². The Bertz CT molecular complexity index is 779. The van der Waals surface area contributed by atoms with Gasteiger partial charge < -0.3 is 5.73 Å². The molecule has 1 fully saturated rings. The van der Waals surface area contributed by atoms with Gasteiger partial charge in [-0.3, -0.25) is 9.59 Å². The third-order valence-corrected chi connectivity index (χ3v) is 5.04. The molecule has 1 atom stereocenters. The number of hydrogen-bond donors (Lipinski definition) is 1. The van der Waals surface area contributed by atoms with Crippen molar-refractivity contribution in [2.24, 2.45) is 0 Å². The minimum Gasteiger partial charge on any atom is -0.398 e. The van der Waals surface area contributed by atoms with E-state index >= 15 is 0 Å². The van der Waals surface area contributed by atoms with Gasteiger partial charge in [0.25, 0.3) is 0 Å². The van der Waals surface area contributed by atoms with E-state index in [1.165, 1.54) is 23.9 Å². The molecule has 0 bridgehead atoms. The van der Waals surface area contributed by atoms with Crippen molar-refractivity contribution in [2.45, 2.75) is 16.6 Å². The molecule has 0 saturated carbocycles. The van der Waals surface area contributed by atoms with E-state index in [0.717, 1.165) is 11.0 Å². The van der Waals surface area contributed by atoms with Gasteiger partial charge in [-0.15, -0.1) is 11.8 Å². The smallest absolute Gasteiger partial charge is 0.247 e. The van der Waals surface area contributed by atoms with Crippen LogP contribution in [0.1, 0.15) is 6.42 Å². The van der Waals surface area contributed by atoms with E-state index < -0.39 is 22.9 Å². The van der Waals surface area contributed by atoms with Crippen molar-refractivity contribution in [2.75, 3.05) is 10.6 Å². The molecule has 7 heteroatoms. The Balaban J connectivity index is 1.90. The van der Waals surface area contributed by atoms with Gasteiger partial charge in [0, 0.05) is 17.0 Å². The largest absolute Gasteiger partial charge is 0.398 e. The van der Waals surface area contributed by atoms with Crippen LogP contribution in [0.2, 0.25) is 5.02 Å². The van der Waals surface area contributed by atoms with E-state index in [-0.39, 0.29) is 17.1 Å². The highest BCUT2D eigenvalue weighted by Crippen LogP contribution is 2.39. The number of halogens is 2. The predicted molar refractivity (Wildman–Crippen MR) is 89.0 cm³/mol. The zero-order chi connectivity index (χ0) is 16.6. The van der Waals surface area contributed by atoms with E-state index in [4.69, 9.17) is 17.3 Å². The molecule has 0 spiro atoms. The SMILES string of the molecule is Nc1ccccc1S[C@H]1CC(=O)N(c2c(F)cccc2Cl)C1=O. The lowest BCUT2D eigenvalue weighted by atomic mass is 10.3. The Morgan fingerprint density at radius 1 is 1.17 bits per heavy atom. The van der Waals surface area contributed by atoms with E-state index in [9.17, 15) is 14.0 Å². The number of para-hydroxylation sites is 2. The van der Waals surface area contributed by atoms with Gasteiger partial charge in [-0.2, -0.15) is 0 Å². The van der Waals surface area contributed by atoms with Gasteiger partial charge in [-0.25, -0.2) is 9.29 Å². The lowest BCUT2D eigenvalue weighted by Gasteiger charge is -2.17. The average Bonchev–Trinajstić information content (AvgIpc) is 2.77. The third kappa shape index (κ3) is 2.92. The molecule has 0 aliphatic carbocycles. The number of nitrogens with two attached hydrogens (primary N) is 1. The minimum absolute atomic E-state index is 0.0246. The molecule has 3 rings (SSSR count). The maximum absolute atomic E-state index is 14.0. The first-order chi connectivity index (χ1) is 11.0. The first-order valence-electron chi connectivity index (χ1n) is 6.81. The summed E-state index contributed by atoms with van der Waals surface area (Å²) in [4.78, 5) is 26.3. The van der Waals surface area contributed by atoms with Crippen LogP contribution in [0.5, 0.6) is 0 Å². The number of nitrogen functional groups attached to an aromatic ring is 1. The number of carbonyl (C=O) groups is 2. The minimum atomic E-state index is -0.705. The quantitative estimate of drug-likeness (QED) is 0.680.